The van der Waals surface area contributed by atoms with E-state index in [1.807, 2.05) is 24.2 Å². The summed E-state index contributed by atoms with van der Waals surface area (Å²) in [5.41, 5.74) is 11.7. The predicted octanol–water partition coefficient (Wildman–Crippen LogP) is 4.02. The molecule has 2 aromatic rings. The third-order valence-electron chi connectivity index (χ3n) is 6.12. The Morgan fingerprint density at radius 1 is 1.35 bits per heavy atom. The molecule has 34 heavy (non-hydrogen) atoms. The lowest BCUT2D eigenvalue weighted by Gasteiger charge is -2.30. The number of piperidine rings is 1. The standard InChI is InChI=1S/C15H25N3O2.C11H11FN2/c1-3-4-14(16)13-9-18(11(2)19)7-5-15(13)17-12-6-8-20-10-12;1-8-3-4-9(5-11(8)12)10-6-13-14(2)7-10/h12H,3-10,16H2,1-2H3;3-7H,1-2H3/b14-13-,17-15?;. The minimum atomic E-state index is -0.175. The molecule has 8 heteroatoms. The molecule has 0 saturated carbocycles. The topological polar surface area (TPSA) is 85.7 Å². The third kappa shape index (κ3) is 6.76. The van der Waals surface area contributed by atoms with Crippen LogP contribution in [-0.4, -0.2) is 58.6 Å². The second-order valence-electron chi connectivity index (χ2n) is 8.90. The van der Waals surface area contributed by atoms with Crippen molar-refractivity contribution in [3.05, 3.63) is 53.2 Å². The SMILES string of the molecule is CCC/C(N)=C1\CN(C(C)=O)CCC1=NC1CCOC1.Cc1ccc(-c2cnn(C)c2)cc1F. The quantitative estimate of drug-likeness (QED) is 0.733. The molecule has 2 saturated heterocycles. The van der Waals surface area contributed by atoms with Gasteiger partial charge in [-0.3, -0.25) is 14.5 Å². The van der Waals surface area contributed by atoms with Crippen molar-refractivity contribution in [3.63, 3.8) is 0 Å². The Labute approximate surface area is 201 Å². The van der Waals surface area contributed by atoms with Crippen molar-refractivity contribution in [3.8, 4) is 11.1 Å². The number of ether oxygens (including phenoxy) is 1. The van der Waals surface area contributed by atoms with E-state index in [9.17, 15) is 9.18 Å². The summed E-state index contributed by atoms with van der Waals surface area (Å²) in [4.78, 5) is 18.3. The van der Waals surface area contributed by atoms with Gasteiger partial charge in [-0.15, -0.1) is 0 Å². The Bertz CT molecular complexity index is 1050. The molecule has 3 heterocycles. The van der Waals surface area contributed by atoms with E-state index < -0.39 is 0 Å². The van der Waals surface area contributed by atoms with Gasteiger partial charge in [-0.2, -0.15) is 5.10 Å². The molecule has 1 atom stereocenters. The smallest absolute Gasteiger partial charge is 0.219 e. The molecule has 1 unspecified atom stereocenters. The van der Waals surface area contributed by atoms with E-state index in [4.69, 9.17) is 15.5 Å². The first-order chi connectivity index (χ1) is 16.3. The number of nitrogens with two attached hydrogens (primary N) is 1. The van der Waals surface area contributed by atoms with Crippen molar-refractivity contribution in [2.24, 2.45) is 17.8 Å². The Balaban J connectivity index is 0.000000202. The maximum atomic E-state index is 13.2. The molecule has 1 amide bonds. The third-order valence-corrected chi connectivity index (χ3v) is 6.12. The van der Waals surface area contributed by atoms with Crippen molar-refractivity contribution in [1.29, 1.82) is 0 Å². The number of hydrogen-bond donors (Lipinski definition) is 1. The molecular formula is C26H36FN5O2. The van der Waals surface area contributed by atoms with Crippen molar-refractivity contribution in [2.75, 3.05) is 26.3 Å². The van der Waals surface area contributed by atoms with Crippen LogP contribution in [0.25, 0.3) is 11.1 Å². The average Bonchev–Trinajstić information content (AvgIpc) is 3.48. The molecule has 7 nitrogen and oxygen atoms in total. The lowest BCUT2D eigenvalue weighted by molar-refractivity contribution is -0.128. The highest BCUT2D eigenvalue weighted by Crippen LogP contribution is 2.22. The molecule has 2 aliphatic heterocycles. The van der Waals surface area contributed by atoms with Gasteiger partial charge < -0.3 is 15.4 Å². The molecule has 0 aliphatic carbocycles. The van der Waals surface area contributed by atoms with E-state index in [0.717, 1.165) is 66.9 Å². The summed E-state index contributed by atoms with van der Waals surface area (Å²) in [5.74, 6) is -0.0681. The van der Waals surface area contributed by atoms with Crippen LogP contribution in [0, 0.1) is 12.7 Å². The van der Waals surface area contributed by atoms with Crippen LogP contribution in [0.5, 0.6) is 0 Å². The monoisotopic (exact) mass is 469 g/mol. The van der Waals surface area contributed by atoms with Gasteiger partial charge in [-0.1, -0.05) is 25.5 Å². The molecular weight excluding hydrogens is 433 g/mol. The molecule has 1 aromatic carbocycles. The molecule has 4 rings (SSSR count). The maximum absolute atomic E-state index is 13.2. The summed E-state index contributed by atoms with van der Waals surface area (Å²) in [7, 11) is 1.84. The predicted molar refractivity (Wildman–Crippen MR) is 133 cm³/mol. The van der Waals surface area contributed by atoms with Gasteiger partial charge in [0.2, 0.25) is 5.91 Å². The number of nitrogens with zero attached hydrogens (tertiary/aromatic N) is 4. The number of aromatic nitrogens is 2. The van der Waals surface area contributed by atoms with Crippen molar-refractivity contribution < 1.29 is 13.9 Å². The lowest BCUT2D eigenvalue weighted by Crippen LogP contribution is -2.40. The first-order valence-corrected chi connectivity index (χ1v) is 11.9. The zero-order valence-corrected chi connectivity index (χ0v) is 20.7. The minimum absolute atomic E-state index is 0.107. The van der Waals surface area contributed by atoms with Gasteiger partial charge in [0.15, 0.2) is 0 Å². The minimum Gasteiger partial charge on any atom is -0.402 e. The fourth-order valence-corrected chi connectivity index (χ4v) is 4.06. The molecule has 2 N–H and O–H groups in total. The molecule has 1 aromatic heterocycles. The number of aliphatic imine (C=N–C) groups is 1. The van der Waals surface area contributed by atoms with Crippen molar-refractivity contribution in [1.82, 2.24) is 14.7 Å². The highest BCUT2D eigenvalue weighted by Gasteiger charge is 2.25. The molecule has 2 aliphatic rings. The van der Waals surface area contributed by atoms with Crippen LogP contribution < -0.4 is 5.73 Å². The number of hydrogen-bond acceptors (Lipinski definition) is 5. The zero-order chi connectivity index (χ0) is 24.7. The highest BCUT2D eigenvalue weighted by atomic mass is 19.1. The molecule has 0 radical (unpaired) electrons. The summed E-state index contributed by atoms with van der Waals surface area (Å²) in [6.45, 7) is 8.33. The number of halogens is 1. The van der Waals surface area contributed by atoms with Gasteiger partial charge in [0.05, 0.1) is 18.8 Å². The number of carbonyl (C=O) groups is 1. The number of benzene rings is 1. The molecule has 0 bridgehead atoms. The lowest BCUT2D eigenvalue weighted by atomic mass is 9.97. The second kappa shape index (κ2) is 11.9. The van der Waals surface area contributed by atoms with Crippen molar-refractivity contribution >= 4 is 11.6 Å². The Morgan fingerprint density at radius 2 is 2.15 bits per heavy atom. The van der Waals surface area contributed by atoms with Crippen LogP contribution in [0.3, 0.4) is 0 Å². The Hall–Kier alpha value is -3.00. The van der Waals surface area contributed by atoms with E-state index in [-0.39, 0.29) is 17.8 Å². The van der Waals surface area contributed by atoms with Crippen molar-refractivity contribution in [2.45, 2.75) is 52.5 Å². The van der Waals surface area contributed by atoms with Gasteiger partial charge in [0.25, 0.3) is 0 Å². The summed E-state index contributed by atoms with van der Waals surface area (Å²) >= 11 is 0. The zero-order valence-electron chi connectivity index (χ0n) is 20.7. The van der Waals surface area contributed by atoms with E-state index in [1.165, 1.54) is 6.07 Å². The number of amides is 1. The van der Waals surface area contributed by atoms with E-state index in [0.29, 0.717) is 18.7 Å². The number of rotatable bonds is 4. The van der Waals surface area contributed by atoms with E-state index >= 15 is 0 Å². The van der Waals surface area contributed by atoms with Crippen LogP contribution in [0.2, 0.25) is 0 Å². The number of likely N-dealkylation sites (tertiary alicyclic amines) is 1. The van der Waals surface area contributed by atoms with Gasteiger partial charge in [0, 0.05) is 68.8 Å². The maximum Gasteiger partial charge on any atom is 0.219 e. The normalized spacial score (nSPS) is 20.8. The molecule has 2 fully saturated rings. The van der Waals surface area contributed by atoms with Crippen LogP contribution in [0.4, 0.5) is 4.39 Å². The van der Waals surface area contributed by atoms with Gasteiger partial charge in [0.1, 0.15) is 5.82 Å². The van der Waals surface area contributed by atoms with Gasteiger partial charge >= 0.3 is 0 Å². The van der Waals surface area contributed by atoms with Gasteiger partial charge in [-0.05, 0) is 37.0 Å². The van der Waals surface area contributed by atoms with Crippen LogP contribution in [-0.2, 0) is 16.6 Å². The summed E-state index contributed by atoms with van der Waals surface area (Å²) in [6.07, 6.45) is 7.25. The molecule has 184 valence electrons. The number of aryl methyl sites for hydroxylation is 2. The summed E-state index contributed by atoms with van der Waals surface area (Å²) in [5, 5.41) is 4.04. The second-order valence-corrected chi connectivity index (χ2v) is 8.90. The number of carbonyl (C=O) groups excluding carboxylic acids is 1. The summed E-state index contributed by atoms with van der Waals surface area (Å²) < 4.78 is 20.3. The Morgan fingerprint density at radius 3 is 2.74 bits per heavy atom. The highest BCUT2D eigenvalue weighted by molar-refractivity contribution is 6.03. The van der Waals surface area contributed by atoms with E-state index in [2.05, 4.69) is 12.0 Å². The first-order valence-electron chi connectivity index (χ1n) is 11.9. The van der Waals surface area contributed by atoms with E-state index in [1.54, 1.807) is 30.8 Å². The first kappa shape index (κ1) is 25.6. The summed E-state index contributed by atoms with van der Waals surface area (Å²) in [6, 6.07) is 5.47. The van der Waals surface area contributed by atoms with Gasteiger partial charge in [-0.25, -0.2) is 4.39 Å². The number of allylic oxidation sites excluding steroid dienone is 1. The van der Waals surface area contributed by atoms with Crippen LogP contribution in [0.15, 0.2) is 46.9 Å². The fourth-order valence-electron chi connectivity index (χ4n) is 4.06. The fraction of sp³-hybridized carbons (Fsp3) is 0.500. The largest absolute Gasteiger partial charge is 0.402 e. The Kier molecular flexibility index (Phi) is 8.98. The molecule has 0 spiro atoms. The average molecular weight is 470 g/mol. The van der Waals surface area contributed by atoms with Crippen LogP contribution in [0.1, 0.15) is 45.1 Å². The van der Waals surface area contributed by atoms with Crippen LogP contribution >= 0.6 is 0 Å².